The van der Waals surface area contributed by atoms with Crippen molar-refractivity contribution in [1.29, 1.82) is 0 Å². The highest BCUT2D eigenvalue weighted by Crippen LogP contribution is 2.35. The van der Waals surface area contributed by atoms with Gasteiger partial charge in [-0.05, 0) is 57.4 Å². The Morgan fingerprint density at radius 3 is 2.72 bits per heavy atom. The van der Waals surface area contributed by atoms with Crippen molar-refractivity contribution in [2.24, 2.45) is 0 Å². The molecule has 2 heterocycles. The molecule has 0 aromatic carbocycles. The van der Waals surface area contributed by atoms with E-state index in [9.17, 15) is 9.59 Å². The van der Waals surface area contributed by atoms with Gasteiger partial charge in [0, 0.05) is 37.2 Å². The smallest absolute Gasteiger partial charge is 0.263 e. The molecule has 7 heteroatoms. The first-order valence-electron chi connectivity index (χ1n) is 10.8. The molecule has 1 amide bonds. The van der Waals surface area contributed by atoms with Crippen LogP contribution in [0.15, 0.2) is 9.95 Å². The zero-order chi connectivity index (χ0) is 21.0. The molecule has 1 unspecified atom stereocenters. The fraction of sp³-hybridized carbons (Fsp3) is 0.682. The van der Waals surface area contributed by atoms with Crippen molar-refractivity contribution in [3.63, 3.8) is 0 Å². The molecule has 0 N–H and O–H groups in total. The standard InChI is InChI=1S/C22H33N3O2S2/c1-5-15(2)25-21(27)19-16-11-7-6-8-12-17(16)29-20(19)23-22(25)28-14-10-9-13-18(26)24(3)4/h15H,5-14H2,1-4H3. The molecule has 1 atom stereocenters. The number of unbranched alkanes of at least 4 members (excludes halogenated alkanes) is 1. The molecular weight excluding hydrogens is 402 g/mol. The van der Waals surface area contributed by atoms with Crippen LogP contribution in [0.25, 0.3) is 10.2 Å². The van der Waals surface area contributed by atoms with Crippen LogP contribution in [0, 0.1) is 0 Å². The second kappa shape index (κ2) is 10.1. The van der Waals surface area contributed by atoms with Gasteiger partial charge in [-0.1, -0.05) is 25.1 Å². The number of rotatable bonds is 8. The van der Waals surface area contributed by atoms with Gasteiger partial charge in [0.15, 0.2) is 5.16 Å². The number of hydrogen-bond acceptors (Lipinski definition) is 5. The molecule has 3 rings (SSSR count). The fourth-order valence-corrected chi connectivity index (χ4v) is 6.21. The van der Waals surface area contributed by atoms with Crippen LogP contribution in [0.2, 0.25) is 0 Å². The number of nitrogens with zero attached hydrogens (tertiary/aromatic N) is 3. The minimum atomic E-state index is 0.138. The first-order chi connectivity index (χ1) is 13.9. The largest absolute Gasteiger partial charge is 0.349 e. The molecule has 1 aliphatic carbocycles. The minimum Gasteiger partial charge on any atom is -0.349 e. The van der Waals surface area contributed by atoms with Gasteiger partial charge >= 0.3 is 0 Å². The zero-order valence-electron chi connectivity index (χ0n) is 18.1. The van der Waals surface area contributed by atoms with E-state index in [0.717, 1.165) is 53.2 Å². The van der Waals surface area contributed by atoms with Gasteiger partial charge < -0.3 is 4.90 Å². The van der Waals surface area contributed by atoms with Crippen LogP contribution in [-0.2, 0) is 17.6 Å². The number of aryl methyl sites for hydroxylation is 2. The average molecular weight is 436 g/mol. The Morgan fingerprint density at radius 2 is 2.00 bits per heavy atom. The summed E-state index contributed by atoms with van der Waals surface area (Å²) >= 11 is 3.40. The summed E-state index contributed by atoms with van der Waals surface area (Å²) in [5.74, 6) is 1.05. The van der Waals surface area contributed by atoms with Crippen LogP contribution in [0.3, 0.4) is 0 Å². The lowest BCUT2D eigenvalue weighted by atomic mass is 10.1. The molecule has 0 aliphatic heterocycles. The Labute approximate surface area is 181 Å². The molecule has 0 spiro atoms. The summed E-state index contributed by atoms with van der Waals surface area (Å²) in [5, 5.41) is 1.72. The zero-order valence-corrected chi connectivity index (χ0v) is 19.8. The lowest BCUT2D eigenvalue weighted by Gasteiger charge is -2.17. The molecule has 0 saturated carbocycles. The number of carbonyl (C=O) groups excluding carboxylic acids is 1. The number of amides is 1. The molecule has 5 nitrogen and oxygen atoms in total. The Hall–Kier alpha value is -1.34. The summed E-state index contributed by atoms with van der Waals surface area (Å²) in [4.78, 5) is 34.2. The third-order valence-electron chi connectivity index (χ3n) is 5.79. The van der Waals surface area contributed by atoms with Gasteiger partial charge in [-0.2, -0.15) is 0 Å². The Balaban J connectivity index is 1.84. The number of aromatic nitrogens is 2. The van der Waals surface area contributed by atoms with Crippen molar-refractivity contribution in [2.45, 2.75) is 82.8 Å². The van der Waals surface area contributed by atoms with Gasteiger partial charge in [0.05, 0.1) is 5.39 Å². The van der Waals surface area contributed by atoms with Crippen LogP contribution in [0.4, 0.5) is 0 Å². The van der Waals surface area contributed by atoms with Crippen LogP contribution < -0.4 is 5.56 Å². The van der Waals surface area contributed by atoms with Crippen molar-refractivity contribution in [2.75, 3.05) is 19.8 Å². The lowest BCUT2D eigenvalue weighted by molar-refractivity contribution is -0.128. The van der Waals surface area contributed by atoms with E-state index in [0.29, 0.717) is 6.42 Å². The molecule has 0 radical (unpaired) electrons. The quantitative estimate of drug-likeness (QED) is 0.252. The maximum Gasteiger partial charge on any atom is 0.263 e. The maximum absolute atomic E-state index is 13.5. The molecule has 2 aromatic rings. The van der Waals surface area contributed by atoms with E-state index >= 15 is 0 Å². The summed E-state index contributed by atoms with van der Waals surface area (Å²) < 4.78 is 1.93. The van der Waals surface area contributed by atoms with E-state index in [1.807, 2.05) is 4.57 Å². The van der Waals surface area contributed by atoms with Crippen molar-refractivity contribution in [3.05, 3.63) is 20.8 Å². The third kappa shape index (κ3) is 5.05. The van der Waals surface area contributed by atoms with E-state index in [2.05, 4.69) is 13.8 Å². The van der Waals surface area contributed by atoms with Crippen LogP contribution in [-0.4, -0.2) is 40.2 Å². The monoisotopic (exact) mass is 435 g/mol. The maximum atomic E-state index is 13.5. The van der Waals surface area contributed by atoms with E-state index < -0.39 is 0 Å². The lowest BCUT2D eigenvalue weighted by Crippen LogP contribution is -2.26. The predicted molar refractivity (Wildman–Crippen MR) is 123 cm³/mol. The van der Waals surface area contributed by atoms with Crippen molar-refractivity contribution in [3.8, 4) is 0 Å². The summed E-state index contributed by atoms with van der Waals surface area (Å²) in [5.41, 5.74) is 1.42. The molecule has 1 aliphatic rings. The van der Waals surface area contributed by atoms with Crippen molar-refractivity contribution in [1.82, 2.24) is 14.5 Å². The molecule has 2 aromatic heterocycles. The van der Waals surface area contributed by atoms with Gasteiger partial charge in [-0.3, -0.25) is 14.2 Å². The van der Waals surface area contributed by atoms with E-state index in [1.165, 1.54) is 29.7 Å². The molecule has 0 bridgehead atoms. The molecule has 0 saturated heterocycles. The number of hydrogen-bond donors (Lipinski definition) is 0. The number of thiophene rings is 1. The summed E-state index contributed by atoms with van der Waals surface area (Å²) in [7, 11) is 3.59. The molecule has 29 heavy (non-hydrogen) atoms. The van der Waals surface area contributed by atoms with Gasteiger partial charge in [0.2, 0.25) is 5.91 Å². The second-order valence-corrected chi connectivity index (χ2v) is 10.3. The summed E-state index contributed by atoms with van der Waals surface area (Å²) in [6.07, 6.45) is 9.03. The minimum absolute atomic E-state index is 0.138. The normalized spacial score (nSPS) is 15.2. The molecule has 160 valence electrons. The predicted octanol–water partition coefficient (Wildman–Crippen LogP) is 5.05. The average Bonchev–Trinajstić information content (AvgIpc) is 2.88. The third-order valence-corrected chi connectivity index (χ3v) is 8.01. The Morgan fingerprint density at radius 1 is 1.24 bits per heavy atom. The number of fused-ring (bicyclic) bond motifs is 3. The molecular formula is C22H33N3O2S2. The van der Waals surface area contributed by atoms with Gasteiger partial charge in [0.1, 0.15) is 4.83 Å². The first-order valence-corrected chi connectivity index (χ1v) is 12.6. The van der Waals surface area contributed by atoms with E-state index in [4.69, 9.17) is 4.98 Å². The van der Waals surface area contributed by atoms with Crippen molar-refractivity contribution >= 4 is 39.2 Å². The fourth-order valence-electron chi connectivity index (χ4n) is 3.81. The van der Waals surface area contributed by atoms with Crippen molar-refractivity contribution < 1.29 is 4.79 Å². The number of thioether (sulfide) groups is 1. The Kier molecular flexibility index (Phi) is 7.79. The summed E-state index contributed by atoms with van der Waals surface area (Å²) in [6.45, 7) is 4.23. The van der Waals surface area contributed by atoms with Gasteiger partial charge in [-0.15, -0.1) is 11.3 Å². The Bertz CT molecular complexity index is 917. The van der Waals surface area contributed by atoms with Gasteiger partial charge in [0.25, 0.3) is 5.56 Å². The molecule has 0 fully saturated rings. The number of carbonyl (C=O) groups is 1. The topological polar surface area (TPSA) is 55.2 Å². The van der Waals surface area contributed by atoms with Crippen LogP contribution in [0.5, 0.6) is 0 Å². The SMILES string of the molecule is CCC(C)n1c(SCCCCC(=O)N(C)C)nc2sc3c(c2c1=O)CCCCC3. The van der Waals surface area contributed by atoms with Crippen LogP contribution in [0.1, 0.15) is 75.3 Å². The van der Waals surface area contributed by atoms with Crippen LogP contribution >= 0.6 is 23.1 Å². The second-order valence-electron chi connectivity index (χ2n) is 8.17. The highest BCUT2D eigenvalue weighted by atomic mass is 32.2. The van der Waals surface area contributed by atoms with E-state index in [-0.39, 0.29) is 17.5 Å². The first kappa shape index (κ1) is 22.3. The summed E-state index contributed by atoms with van der Waals surface area (Å²) in [6, 6.07) is 0.138. The van der Waals surface area contributed by atoms with E-state index in [1.54, 1.807) is 42.1 Å². The highest BCUT2D eigenvalue weighted by molar-refractivity contribution is 7.99. The van der Waals surface area contributed by atoms with Gasteiger partial charge in [-0.25, -0.2) is 4.98 Å². The highest BCUT2D eigenvalue weighted by Gasteiger charge is 2.23.